The molecule has 0 saturated carbocycles. The molecule has 0 aliphatic carbocycles. The highest BCUT2D eigenvalue weighted by Gasteiger charge is 1.94. The van der Waals surface area contributed by atoms with E-state index >= 15 is 0 Å². The van der Waals surface area contributed by atoms with Crippen LogP contribution in [0.3, 0.4) is 0 Å². The quantitative estimate of drug-likeness (QED) is 0.428. The first-order valence-electron chi connectivity index (χ1n) is 3.80. The molecule has 0 aromatic rings. The van der Waals surface area contributed by atoms with Crippen molar-refractivity contribution in [3.8, 4) is 0 Å². The third-order valence-electron chi connectivity index (χ3n) is 1.28. The summed E-state index contributed by atoms with van der Waals surface area (Å²) in [6, 6.07) is 0. The summed E-state index contributed by atoms with van der Waals surface area (Å²) in [6.45, 7) is 5.22. The summed E-state index contributed by atoms with van der Waals surface area (Å²) in [5.74, 6) is -0.714. The summed E-state index contributed by atoms with van der Waals surface area (Å²) in [6.07, 6.45) is 3.73. The van der Waals surface area contributed by atoms with Gasteiger partial charge in [-0.2, -0.15) is 0 Å². The number of hydrogen-bond acceptors (Lipinski definition) is 2. The first-order valence-corrected chi connectivity index (χ1v) is 3.80. The zero-order valence-corrected chi connectivity index (χ0v) is 6.68. The molecule has 11 heavy (non-hydrogen) atoms. The lowest BCUT2D eigenvalue weighted by Crippen LogP contribution is -2.14. The third kappa shape index (κ3) is 9.17. The van der Waals surface area contributed by atoms with Crippen LogP contribution < -0.4 is 5.32 Å². The van der Waals surface area contributed by atoms with E-state index in [2.05, 4.69) is 11.9 Å². The van der Waals surface area contributed by atoms with E-state index in [1.807, 2.05) is 0 Å². The van der Waals surface area contributed by atoms with Crippen LogP contribution in [-0.2, 0) is 4.79 Å². The molecular weight excluding hydrogens is 142 g/mol. The standard InChI is InChI=1S/C8H15NO2/c1-2-6-9-7-4-3-5-8(10)11/h2,9H,1,3-7H2,(H,10,11). The lowest BCUT2D eigenvalue weighted by Gasteiger charge is -1.98. The van der Waals surface area contributed by atoms with Crippen LogP contribution in [0.25, 0.3) is 0 Å². The van der Waals surface area contributed by atoms with Crippen LogP contribution in [0.15, 0.2) is 12.7 Å². The van der Waals surface area contributed by atoms with Crippen molar-refractivity contribution in [1.29, 1.82) is 0 Å². The van der Waals surface area contributed by atoms with Gasteiger partial charge < -0.3 is 10.4 Å². The van der Waals surface area contributed by atoms with Gasteiger partial charge in [-0.05, 0) is 19.4 Å². The summed E-state index contributed by atoms with van der Waals surface area (Å²) in [5.41, 5.74) is 0. The number of nitrogens with one attached hydrogen (secondary N) is 1. The molecule has 0 aliphatic heterocycles. The molecule has 0 saturated heterocycles. The van der Waals surface area contributed by atoms with Gasteiger partial charge in [-0.3, -0.25) is 4.79 Å². The van der Waals surface area contributed by atoms with E-state index in [1.165, 1.54) is 0 Å². The molecule has 0 spiro atoms. The van der Waals surface area contributed by atoms with Gasteiger partial charge in [-0.15, -0.1) is 6.58 Å². The summed E-state index contributed by atoms with van der Waals surface area (Å²) < 4.78 is 0. The first kappa shape index (κ1) is 10.2. The van der Waals surface area contributed by atoms with Crippen molar-refractivity contribution in [1.82, 2.24) is 5.32 Å². The second-order valence-electron chi connectivity index (χ2n) is 2.34. The summed E-state index contributed by atoms with van der Waals surface area (Å²) in [5, 5.41) is 11.4. The highest BCUT2D eigenvalue weighted by Crippen LogP contribution is 1.92. The van der Waals surface area contributed by atoms with Crippen molar-refractivity contribution < 1.29 is 9.90 Å². The van der Waals surface area contributed by atoms with Gasteiger partial charge >= 0.3 is 5.97 Å². The molecule has 0 rings (SSSR count). The fraction of sp³-hybridized carbons (Fsp3) is 0.625. The zero-order chi connectivity index (χ0) is 8.53. The Kier molecular flexibility index (Phi) is 6.73. The molecule has 0 unspecified atom stereocenters. The lowest BCUT2D eigenvalue weighted by atomic mass is 10.2. The van der Waals surface area contributed by atoms with E-state index in [0.29, 0.717) is 0 Å². The number of rotatable bonds is 7. The molecule has 0 aromatic carbocycles. The monoisotopic (exact) mass is 157 g/mol. The maximum atomic E-state index is 10.1. The van der Waals surface area contributed by atoms with E-state index in [-0.39, 0.29) is 6.42 Å². The largest absolute Gasteiger partial charge is 0.481 e. The van der Waals surface area contributed by atoms with Crippen molar-refractivity contribution in [2.75, 3.05) is 13.1 Å². The predicted molar refractivity (Wildman–Crippen MR) is 44.6 cm³/mol. The highest BCUT2D eigenvalue weighted by molar-refractivity contribution is 5.66. The average molecular weight is 157 g/mol. The Morgan fingerprint density at radius 3 is 2.82 bits per heavy atom. The zero-order valence-electron chi connectivity index (χ0n) is 6.68. The van der Waals surface area contributed by atoms with E-state index < -0.39 is 5.97 Å². The van der Waals surface area contributed by atoms with Gasteiger partial charge in [-0.25, -0.2) is 0 Å². The van der Waals surface area contributed by atoms with Crippen molar-refractivity contribution in [2.45, 2.75) is 19.3 Å². The minimum atomic E-state index is -0.714. The van der Waals surface area contributed by atoms with Gasteiger partial charge in [0.15, 0.2) is 0 Å². The van der Waals surface area contributed by atoms with Crippen LogP contribution in [0.1, 0.15) is 19.3 Å². The van der Waals surface area contributed by atoms with E-state index in [1.54, 1.807) is 6.08 Å². The second-order valence-corrected chi connectivity index (χ2v) is 2.34. The van der Waals surface area contributed by atoms with Crippen molar-refractivity contribution >= 4 is 5.97 Å². The van der Waals surface area contributed by atoms with Crippen LogP contribution in [0, 0.1) is 0 Å². The van der Waals surface area contributed by atoms with Gasteiger partial charge in [0.1, 0.15) is 0 Å². The van der Waals surface area contributed by atoms with E-state index in [4.69, 9.17) is 5.11 Å². The van der Waals surface area contributed by atoms with Crippen LogP contribution in [-0.4, -0.2) is 24.2 Å². The molecule has 0 fully saturated rings. The van der Waals surface area contributed by atoms with Crippen LogP contribution in [0.2, 0.25) is 0 Å². The minimum Gasteiger partial charge on any atom is -0.481 e. The Hall–Kier alpha value is -0.830. The predicted octanol–water partition coefficient (Wildman–Crippen LogP) is 1.02. The molecule has 0 aromatic heterocycles. The van der Waals surface area contributed by atoms with E-state index in [9.17, 15) is 4.79 Å². The number of unbranched alkanes of at least 4 members (excludes halogenated alkanes) is 1. The fourth-order valence-electron chi connectivity index (χ4n) is 0.730. The van der Waals surface area contributed by atoms with Crippen molar-refractivity contribution in [2.24, 2.45) is 0 Å². The molecule has 3 nitrogen and oxygen atoms in total. The molecule has 0 radical (unpaired) electrons. The molecule has 2 N–H and O–H groups in total. The summed E-state index contributed by atoms with van der Waals surface area (Å²) in [4.78, 5) is 10.1. The highest BCUT2D eigenvalue weighted by atomic mass is 16.4. The molecule has 64 valence electrons. The molecule has 0 aliphatic rings. The van der Waals surface area contributed by atoms with Gasteiger partial charge in [0, 0.05) is 13.0 Å². The third-order valence-corrected chi connectivity index (χ3v) is 1.28. The number of aliphatic carboxylic acids is 1. The summed E-state index contributed by atoms with van der Waals surface area (Å²) >= 11 is 0. The molecular formula is C8H15NO2. The SMILES string of the molecule is C=CCNCCCCC(=O)O. The fourth-order valence-corrected chi connectivity index (χ4v) is 0.730. The topological polar surface area (TPSA) is 49.3 Å². The Morgan fingerprint density at radius 2 is 2.27 bits per heavy atom. The van der Waals surface area contributed by atoms with Gasteiger partial charge in [-0.1, -0.05) is 6.08 Å². The van der Waals surface area contributed by atoms with Crippen LogP contribution in [0.4, 0.5) is 0 Å². The van der Waals surface area contributed by atoms with E-state index in [0.717, 1.165) is 25.9 Å². The molecule has 0 atom stereocenters. The number of carboxylic acid groups (broad SMARTS) is 1. The summed E-state index contributed by atoms with van der Waals surface area (Å²) in [7, 11) is 0. The van der Waals surface area contributed by atoms with Crippen molar-refractivity contribution in [3.05, 3.63) is 12.7 Å². The minimum absolute atomic E-state index is 0.274. The lowest BCUT2D eigenvalue weighted by molar-refractivity contribution is -0.137. The normalized spacial score (nSPS) is 9.45. The second kappa shape index (κ2) is 7.28. The smallest absolute Gasteiger partial charge is 0.303 e. The van der Waals surface area contributed by atoms with Crippen molar-refractivity contribution in [3.63, 3.8) is 0 Å². The molecule has 0 bridgehead atoms. The molecule has 0 heterocycles. The van der Waals surface area contributed by atoms with Gasteiger partial charge in [0.2, 0.25) is 0 Å². The number of hydrogen-bond donors (Lipinski definition) is 2. The van der Waals surface area contributed by atoms with Crippen LogP contribution in [0.5, 0.6) is 0 Å². The Labute approximate surface area is 67.1 Å². The van der Waals surface area contributed by atoms with Gasteiger partial charge in [0.05, 0.1) is 0 Å². The van der Waals surface area contributed by atoms with Crippen LogP contribution >= 0.6 is 0 Å². The maximum absolute atomic E-state index is 10.1. The molecule has 0 amide bonds. The average Bonchev–Trinajstić information content (AvgIpc) is 1.96. The Morgan fingerprint density at radius 1 is 1.55 bits per heavy atom. The maximum Gasteiger partial charge on any atom is 0.303 e. The number of carbonyl (C=O) groups is 1. The first-order chi connectivity index (χ1) is 5.27. The number of carboxylic acids is 1. The Balaban J connectivity index is 2.90. The Bertz CT molecular complexity index is 123. The molecule has 3 heteroatoms. The van der Waals surface area contributed by atoms with Gasteiger partial charge in [0.25, 0.3) is 0 Å².